The fraction of sp³-hybridized carbons (Fsp3) is 0.500. The molecule has 0 radical (unpaired) electrons. The number of hydrogen-bond acceptors (Lipinski definition) is 5. The quantitative estimate of drug-likeness (QED) is 0.450. The number of nitrogens with two attached hydrogens (primary N) is 2. The topological polar surface area (TPSA) is 102 Å². The first kappa shape index (κ1) is 14.8. The normalized spacial score (nSPS) is 12.6. The van der Waals surface area contributed by atoms with Gasteiger partial charge >= 0.3 is 7.12 Å². The van der Waals surface area contributed by atoms with Crippen molar-refractivity contribution in [1.29, 1.82) is 0 Å². The molecule has 0 aliphatic carbocycles. The lowest BCUT2D eigenvalue weighted by Crippen LogP contribution is -2.53. The Morgan fingerprint density at radius 1 is 1.11 bits per heavy atom. The van der Waals surface area contributed by atoms with E-state index in [0.29, 0.717) is 16.8 Å². The highest BCUT2D eigenvalue weighted by molar-refractivity contribution is 6.60. The smallest absolute Gasteiger partial charge is 0.423 e. The maximum atomic E-state index is 10.0. The number of aliphatic hydroxyl groups is 1. The van der Waals surface area contributed by atoms with Gasteiger partial charge in [0.25, 0.3) is 0 Å². The summed E-state index contributed by atoms with van der Waals surface area (Å²) >= 11 is 0. The van der Waals surface area contributed by atoms with Crippen LogP contribution in [-0.4, -0.2) is 28.5 Å². The molecule has 0 saturated heterocycles. The molecule has 0 aliphatic rings. The second kappa shape index (κ2) is 4.80. The Morgan fingerprint density at radius 2 is 1.67 bits per heavy atom. The third-order valence-corrected chi connectivity index (χ3v) is 3.28. The largest absolute Gasteiger partial charge is 0.491 e. The molecule has 6 N–H and O–H groups in total. The van der Waals surface area contributed by atoms with Gasteiger partial charge in [0.05, 0.1) is 22.6 Å². The first-order chi connectivity index (χ1) is 8.04. The summed E-state index contributed by atoms with van der Waals surface area (Å²) < 4.78 is 5.49. The Bertz CT molecular complexity index is 430. The van der Waals surface area contributed by atoms with E-state index in [1.807, 2.05) is 0 Å². The maximum Gasteiger partial charge on any atom is 0.491 e. The molecule has 1 aromatic carbocycles. The highest BCUT2D eigenvalue weighted by Gasteiger charge is 2.39. The molecule has 0 bridgehead atoms. The number of hydrogen-bond donors (Lipinski definition) is 4. The minimum atomic E-state index is -1.17. The Kier molecular flexibility index (Phi) is 3.95. The van der Waals surface area contributed by atoms with Gasteiger partial charge in [0, 0.05) is 0 Å². The number of anilines is 2. The molecule has 18 heavy (non-hydrogen) atoms. The SMILES string of the molecule is CC(C)(O)C(C)(C)OB(O)c1ccc(N)c(N)c1. The maximum absolute atomic E-state index is 10.0. The van der Waals surface area contributed by atoms with Crippen LogP contribution in [0.4, 0.5) is 11.4 Å². The summed E-state index contributed by atoms with van der Waals surface area (Å²) in [7, 11) is -1.17. The third kappa shape index (κ3) is 3.16. The standard InChI is InChI=1S/C12H21BN2O3/c1-11(2,16)12(3,4)18-13(17)8-5-6-9(14)10(15)7-8/h5-7,16-17H,14-15H2,1-4H3. The molecule has 0 amide bonds. The lowest BCUT2D eigenvalue weighted by Gasteiger charge is -2.38. The van der Waals surface area contributed by atoms with Crippen LogP contribution in [0.25, 0.3) is 0 Å². The fourth-order valence-electron chi connectivity index (χ4n) is 1.24. The second-order valence-corrected chi connectivity index (χ2v) is 5.43. The molecule has 0 saturated carbocycles. The van der Waals surface area contributed by atoms with Crippen LogP contribution in [0.15, 0.2) is 18.2 Å². The summed E-state index contributed by atoms with van der Waals surface area (Å²) in [6.45, 7) is 6.65. The lowest BCUT2D eigenvalue weighted by atomic mass is 9.76. The molecular weight excluding hydrogens is 231 g/mol. The van der Waals surface area contributed by atoms with Gasteiger partial charge in [-0.15, -0.1) is 0 Å². The van der Waals surface area contributed by atoms with Crippen molar-refractivity contribution in [2.24, 2.45) is 0 Å². The van der Waals surface area contributed by atoms with E-state index in [-0.39, 0.29) is 0 Å². The second-order valence-electron chi connectivity index (χ2n) is 5.43. The van der Waals surface area contributed by atoms with Crippen molar-refractivity contribution in [1.82, 2.24) is 0 Å². The van der Waals surface area contributed by atoms with Gasteiger partial charge in [-0.3, -0.25) is 0 Å². The average Bonchev–Trinajstić information content (AvgIpc) is 2.19. The van der Waals surface area contributed by atoms with E-state index in [2.05, 4.69) is 0 Å². The van der Waals surface area contributed by atoms with E-state index in [0.717, 1.165) is 0 Å². The van der Waals surface area contributed by atoms with Gasteiger partial charge < -0.3 is 26.3 Å². The molecule has 100 valence electrons. The first-order valence-corrected chi connectivity index (χ1v) is 5.78. The number of benzene rings is 1. The predicted octanol–water partition coefficient (Wildman–Crippen LogP) is 0.105. The zero-order valence-corrected chi connectivity index (χ0v) is 11.3. The third-order valence-electron chi connectivity index (χ3n) is 3.28. The van der Waals surface area contributed by atoms with Crippen molar-refractivity contribution in [2.45, 2.75) is 38.9 Å². The predicted molar refractivity (Wildman–Crippen MR) is 74.3 cm³/mol. The van der Waals surface area contributed by atoms with E-state index >= 15 is 0 Å². The van der Waals surface area contributed by atoms with Crippen LogP contribution in [0.3, 0.4) is 0 Å². The molecule has 0 aromatic heterocycles. The van der Waals surface area contributed by atoms with Crippen molar-refractivity contribution in [2.75, 3.05) is 11.5 Å². The molecular formula is C12H21BN2O3. The van der Waals surface area contributed by atoms with Crippen LogP contribution < -0.4 is 16.9 Å². The first-order valence-electron chi connectivity index (χ1n) is 5.78. The molecule has 1 aromatic rings. The summed E-state index contributed by atoms with van der Waals surface area (Å²) in [6, 6.07) is 4.80. The minimum absolute atomic E-state index is 0.385. The van der Waals surface area contributed by atoms with Crippen molar-refractivity contribution >= 4 is 24.0 Å². The van der Waals surface area contributed by atoms with Crippen LogP contribution >= 0.6 is 0 Å². The molecule has 5 nitrogen and oxygen atoms in total. The molecule has 6 heteroatoms. The molecule has 0 unspecified atom stereocenters. The lowest BCUT2D eigenvalue weighted by molar-refractivity contribution is -0.0982. The zero-order valence-electron chi connectivity index (χ0n) is 11.3. The fourth-order valence-corrected chi connectivity index (χ4v) is 1.24. The average molecular weight is 252 g/mol. The molecule has 0 atom stereocenters. The minimum Gasteiger partial charge on any atom is -0.423 e. The van der Waals surface area contributed by atoms with Gasteiger partial charge in [0.1, 0.15) is 0 Å². The highest BCUT2D eigenvalue weighted by atomic mass is 16.5. The van der Waals surface area contributed by atoms with Gasteiger partial charge in [0.2, 0.25) is 0 Å². The van der Waals surface area contributed by atoms with Gasteiger partial charge in [-0.2, -0.15) is 0 Å². The summed E-state index contributed by atoms with van der Waals surface area (Å²) in [5, 5.41) is 20.0. The Morgan fingerprint density at radius 3 is 2.11 bits per heavy atom. The van der Waals surface area contributed by atoms with E-state index in [4.69, 9.17) is 16.1 Å². The Labute approximate surface area is 108 Å². The molecule has 0 spiro atoms. The van der Waals surface area contributed by atoms with E-state index < -0.39 is 18.3 Å². The molecule has 0 fully saturated rings. The summed E-state index contributed by atoms with van der Waals surface area (Å²) in [5.41, 5.74) is 10.6. The Hall–Kier alpha value is -1.24. The molecule has 0 heterocycles. The summed E-state index contributed by atoms with van der Waals surface area (Å²) in [6.07, 6.45) is 0. The van der Waals surface area contributed by atoms with Crippen molar-refractivity contribution in [3.8, 4) is 0 Å². The number of nitrogen functional groups attached to an aromatic ring is 2. The van der Waals surface area contributed by atoms with E-state index in [1.165, 1.54) is 0 Å². The van der Waals surface area contributed by atoms with Crippen LogP contribution in [0.2, 0.25) is 0 Å². The zero-order chi connectivity index (χ0) is 14.1. The molecule has 0 aliphatic heterocycles. The summed E-state index contributed by atoms with van der Waals surface area (Å²) in [4.78, 5) is 0. The van der Waals surface area contributed by atoms with Gasteiger partial charge in [-0.1, -0.05) is 6.07 Å². The monoisotopic (exact) mass is 252 g/mol. The van der Waals surface area contributed by atoms with Gasteiger partial charge in [-0.05, 0) is 45.3 Å². The van der Waals surface area contributed by atoms with Crippen LogP contribution in [0.1, 0.15) is 27.7 Å². The van der Waals surface area contributed by atoms with Crippen LogP contribution in [0, 0.1) is 0 Å². The van der Waals surface area contributed by atoms with Crippen molar-refractivity contribution in [3.63, 3.8) is 0 Å². The molecule has 1 rings (SSSR count). The van der Waals surface area contributed by atoms with Crippen LogP contribution in [-0.2, 0) is 4.65 Å². The highest BCUT2D eigenvalue weighted by Crippen LogP contribution is 2.25. The van der Waals surface area contributed by atoms with Crippen LogP contribution in [0.5, 0.6) is 0 Å². The summed E-state index contributed by atoms with van der Waals surface area (Å²) in [5.74, 6) is 0. The van der Waals surface area contributed by atoms with Gasteiger partial charge in [0.15, 0.2) is 0 Å². The van der Waals surface area contributed by atoms with Crippen molar-refractivity contribution < 1.29 is 14.8 Å². The van der Waals surface area contributed by atoms with Gasteiger partial charge in [-0.25, -0.2) is 0 Å². The van der Waals surface area contributed by atoms with Crippen molar-refractivity contribution in [3.05, 3.63) is 18.2 Å². The Balaban J connectivity index is 2.89. The number of rotatable bonds is 4. The van der Waals surface area contributed by atoms with E-state index in [1.54, 1.807) is 45.9 Å². The van der Waals surface area contributed by atoms with E-state index in [9.17, 15) is 10.1 Å².